The van der Waals surface area contributed by atoms with Crippen LogP contribution in [0.4, 0.5) is 11.4 Å². The third-order valence-corrected chi connectivity index (χ3v) is 6.17. The lowest BCUT2D eigenvalue weighted by Crippen LogP contribution is -2.28. The molecule has 0 unspecified atom stereocenters. The van der Waals surface area contributed by atoms with Gasteiger partial charge in [-0.2, -0.15) is 0 Å². The van der Waals surface area contributed by atoms with Gasteiger partial charge in [0.15, 0.2) is 0 Å². The summed E-state index contributed by atoms with van der Waals surface area (Å²) in [5.74, 6) is 0.0522. The van der Waals surface area contributed by atoms with Crippen molar-refractivity contribution < 1.29 is 9.59 Å². The number of tetrazole rings is 1. The van der Waals surface area contributed by atoms with Gasteiger partial charge in [-0.25, -0.2) is 4.68 Å². The van der Waals surface area contributed by atoms with Gasteiger partial charge in [-0.05, 0) is 65.6 Å². The van der Waals surface area contributed by atoms with Crippen molar-refractivity contribution in [1.29, 1.82) is 0 Å². The summed E-state index contributed by atoms with van der Waals surface area (Å²) in [4.78, 5) is 27.0. The molecule has 0 bridgehead atoms. The second-order valence-electron chi connectivity index (χ2n) is 7.39. The van der Waals surface area contributed by atoms with Crippen LogP contribution in [-0.2, 0) is 11.2 Å². The number of carbonyl (C=O) groups excluding carboxylic acids is 2. The van der Waals surface area contributed by atoms with E-state index in [0.717, 1.165) is 24.9 Å². The van der Waals surface area contributed by atoms with E-state index in [9.17, 15) is 9.59 Å². The number of anilines is 2. The Labute approximate surface area is 177 Å². The SMILES string of the molecule is O=C(CSc1nnnn1C1CC1)Nc1ccc(C(=O)N2CCc3ccccc32)cc1. The zero-order valence-electron chi connectivity index (χ0n) is 16.2. The maximum Gasteiger partial charge on any atom is 0.258 e. The van der Waals surface area contributed by atoms with Crippen LogP contribution in [0.1, 0.15) is 34.8 Å². The number of benzene rings is 2. The molecular formula is C21H20N6O2S. The molecule has 1 aliphatic heterocycles. The van der Waals surface area contributed by atoms with E-state index in [1.165, 1.54) is 17.3 Å². The molecule has 1 N–H and O–H groups in total. The molecule has 30 heavy (non-hydrogen) atoms. The smallest absolute Gasteiger partial charge is 0.258 e. The Morgan fingerprint density at radius 2 is 1.90 bits per heavy atom. The number of aromatic nitrogens is 4. The first-order chi connectivity index (χ1) is 14.7. The van der Waals surface area contributed by atoms with Gasteiger partial charge >= 0.3 is 0 Å². The molecule has 0 spiro atoms. The molecule has 2 heterocycles. The Bertz CT molecular complexity index is 1090. The minimum atomic E-state index is -0.141. The second kappa shape index (κ2) is 7.91. The molecule has 152 valence electrons. The van der Waals surface area contributed by atoms with E-state index in [1.807, 2.05) is 23.1 Å². The van der Waals surface area contributed by atoms with Crippen molar-refractivity contribution in [2.75, 3.05) is 22.5 Å². The van der Waals surface area contributed by atoms with Crippen LogP contribution in [0.2, 0.25) is 0 Å². The molecule has 0 radical (unpaired) electrons. The topological polar surface area (TPSA) is 93.0 Å². The van der Waals surface area contributed by atoms with E-state index in [1.54, 1.807) is 28.9 Å². The zero-order chi connectivity index (χ0) is 20.5. The summed E-state index contributed by atoms with van der Waals surface area (Å²) in [6.07, 6.45) is 3.04. The molecule has 2 aromatic carbocycles. The molecule has 1 fully saturated rings. The van der Waals surface area contributed by atoms with E-state index in [4.69, 9.17) is 0 Å². The predicted molar refractivity (Wildman–Crippen MR) is 114 cm³/mol. The average Bonchev–Trinajstić information content (AvgIpc) is 3.34. The van der Waals surface area contributed by atoms with Crippen LogP contribution in [-0.4, -0.2) is 44.3 Å². The normalized spacial score (nSPS) is 15.1. The number of amides is 2. The third kappa shape index (κ3) is 3.80. The third-order valence-electron chi connectivity index (χ3n) is 5.24. The zero-order valence-corrected chi connectivity index (χ0v) is 17.0. The van der Waals surface area contributed by atoms with Crippen molar-refractivity contribution in [2.45, 2.75) is 30.5 Å². The van der Waals surface area contributed by atoms with Crippen molar-refractivity contribution in [3.05, 3.63) is 59.7 Å². The minimum Gasteiger partial charge on any atom is -0.325 e. The van der Waals surface area contributed by atoms with Crippen LogP contribution in [0, 0.1) is 0 Å². The molecule has 1 aromatic heterocycles. The molecule has 9 heteroatoms. The lowest BCUT2D eigenvalue weighted by molar-refractivity contribution is -0.113. The van der Waals surface area contributed by atoms with E-state index in [2.05, 4.69) is 26.9 Å². The largest absolute Gasteiger partial charge is 0.325 e. The fourth-order valence-electron chi connectivity index (χ4n) is 3.56. The van der Waals surface area contributed by atoms with Gasteiger partial charge in [0.1, 0.15) is 0 Å². The highest BCUT2D eigenvalue weighted by molar-refractivity contribution is 7.99. The summed E-state index contributed by atoms with van der Waals surface area (Å²) in [6, 6.07) is 15.4. The fraction of sp³-hybridized carbons (Fsp3) is 0.286. The molecule has 0 saturated heterocycles. The van der Waals surface area contributed by atoms with Gasteiger partial charge in [-0.3, -0.25) is 9.59 Å². The van der Waals surface area contributed by atoms with Gasteiger partial charge < -0.3 is 10.2 Å². The van der Waals surface area contributed by atoms with Gasteiger partial charge in [0.2, 0.25) is 11.1 Å². The molecule has 3 aromatic rings. The van der Waals surface area contributed by atoms with Gasteiger partial charge in [-0.1, -0.05) is 30.0 Å². The molecule has 2 aliphatic rings. The molecule has 5 rings (SSSR count). The number of hydrogen-bond acceptors (Lipinski definition) is 6. The second-order valence-corrected chi connectivity index (χ2v) is 8.33. The van der Waals surface area contributed by atoms with Crippen molar-refractivity contribution in [3.63, 3.8) is 0 Å². The van der Waals surface area contributed by atoms with Crippen LogP contribution in [0.3, 0.4) is 0 Å². The Balaban J connectivity index is 1.18. The van der Waals surface area contributed by atoms with Crippen LogP contribution in [0.15, 0.2) is 53.7 Å². The number of nitrogens with one attached hydrogen (secondary N) is 1. The molecule has 0 atom stereocenters. The van der Waals surface area contributed by atoms with Crippen LogP contribution in [0.5, 0.6) is 0 Å². The Morgan fingerprint density at radius 1 is 1.10 bits per heavy atom. The standard InChI is InChI=1S/C21H20N6O2S/c28-19(13-30-21-23-24-25-27(21)17-9-10-17)22-16-7-5-15(6-8-16)20(29)26-12-11-14-3-1-2-4-18(14)26/h1-8,17H,9-13H2,(H,22,28). The van der Waals surface area contributed by atoms with Crippen molar-refractivity contribution in [2.24, 2.45) is 0 Å². The van der Waals surface area contributed by atoms with Crippen molar-refractivity contribution in [1.82, 2.24) is 20.2 Å². The summed E-state index contributed by atoms with van der Waals surface area (Å²) >= 11 is 1.32. The van der Waals surface area contributed by atoms with Crippen LogP contribution in [0.25, 0.3) is 0 Å². The first-order valence-electron chi connectivity index (χ1n) is 9.89. The summed E-state index contributed by atoms with van der Waals surface area (Å²) in [5.41, 5.74) is 3.42. The lowest BCUT2D eigenvalue weighted by atomic mass is 10.1. The Kier molecular flexibility index (Phi) is 4.96. The summed E-state index contributed by atoms with van der Waals surface area (Å²) < 4.78 is 1.79. The average molecular weight is 420 g/mol. The number of nitrogens with zero attached hydrogens (tertiary/aromatic N) is 5. The number of para-hydroxylation sites is 1. The summed E-state index contributed by atoms with van der Waals surface area (Å²) in [6.45, 7) is 0.689. The quantitative estimate of drug-likeness (QED) is 0.617. The van der Waals surface area contributed by atoms with Gasteiger partial charge in [-0.15, -0.1) is 5.10 Å². The maximum atomic E-state index is 12.9. The Hall–Kier alpha value is -3.20. The monoisotopic (exact) mass is 420 g/mol. The highest BCUT2D eigenvalue weighted by Crippen LogP contribution is 2.36. The summed E-state index contributed by atoms with van der Waals surface area (Å²) in [5, 5.41) is 15.2. The fourth-order valence-corrected chi connectivity index (χ4v) is 4.30. The first kappa shape index (κ1) is 18.8. The molecule has 1 aliphatic carbocycles. The number of fused-ring (bicyclic) bond motifs is 1. The van der Waals surface area contributed by atoms with E-state index in [0.29, 0.717) is 29.0 Å². The molecular weight excluding hydrogens is 400 g/mol. The predicted octanol–water partition coefficient (Wildman–Crippen LogP) is 2.94. The van der Waals surface area contributed by atoms with Crippen molar-refractivity contribution >= 4 is 35.0 Å². The van der Waals surface area contributed by atoms with Crippen LogP contribution >= 0.6 is 11.8 Å². The number of hydrogen-bond donors (Lipinski definition) is 1. The van der Waals surface area contributed by atoms with E-state index >= 15 is 0 Å². The van der Waals surface area contributed by atoms with Crippen LogP contribution < -0.4 is 10.2 Å². The first-order valence-corrected chi connectivity index (χ1v) is 10.9. The number of thioether (sulfide) groups is 1. The van der Waals surface area contributed by atoms with Gasteiger partial charge in [0.25, 0.3) is 5.91 Å². The highest BCUT2D eigenvalue weighted by Gasteiger charge is 2.28. The van der Waals surface area contributed by atoms with Gasteiger partial charge in [0, 0.05) is 23.5 Å². The number of carbonyl (C=O) groups is 2. The summed E-state index contributed by atoms with van der Waals surface area (Å²) in [7, 11) is 0. The molecule has 1 saturated carbocycles. The highest BCUT2D eigenvalue weighted by atomic mass is 32.2. The molecule has 8 nitrogen and oxygen atoms in total. The number of rotatable bonds is 6. The van der Waals surface area contributed by atoms with Crippen molar-refractivity contribution in [3.8, 4) is 0 Å². The Morgan fingerprint density at radius 3 is 2.70 bits per heavy atom. The maximum absolute atomic E-state index is 12.9. The molecule has 2 amide bonds. The lowest BCUT2D eigenvalue weighted by Gasteiger charge is -2.17. The minimum absolute atomic E-state index is 0.0275. The van der Waals surface area contributed by atoms with E-state index < -0.39 is 0 Å². The van der Waals surface area contributed by atoms with E-state index in [-0.39, 0.29) is 17.6 Å². The van der Waals surface area contributed by atoms with Gasteiger partial charge in [0.05, 0.1) is 11.8 Å².